The van der Waals surface area contributed by atoms with Crippen LogP contribution < -0.4 is 10.1 Å². The second-order valence-electron chi connectivity index (χ2n) is 6.55. The summed E-state index contributed by atoms with van der Waals surface area (Å²) in [6, 6.07) is 12.3. The van der Waals surface area contributed by atoms with Crippen LogP contribution in [0.2, 0.25) is 0 Å². The van der Waals surface area contributed by atoms with Crippen molar-refractivity contribution in [2.24, 2.45) is 0 Å². The van der Waals surface area contributed by atoms with Crippen molar-refractivity contribution in [2.75, 3.05) is 6.61 Å². The molecule has 0 bridgehead atoms. The van der Waals surface area contributed by atoms with Gasteiger partial charge >= 0.3 is 11.7 Å². The van der Waals surface area contributed by atoms with Gasteiger partial charge in [0.25, 0.3) is 5.91 Å². The van der Waals surface area contributed by atoms with E-state index >= 15 is 0 Å². The van der Waals surface area contributed by atoms with Crippen LogP contribution in [-0.4, -0.2) is 29.5 Å². The van der Waals surface area contributed by atoms with Crippen LogP contribution in [0.4, 0.5) is 5.69 Å². The Morgan fingerprint density at radius 3 is 2.41 bits per heavy atom. The van der Waals surface area contributed by atoms with Crippen LogP contribution >= 0.6 is 0 Å². The molecule has 0 spiro atoms. The lowest BCUT2D eigenvalue weighted by molar-refractivity contribution is -0.385. The fraction of sp³-hybridized carbons (Fsp3) is 0.333. The first-order valence-corrected chi connectivity index (χ1v) is 9.28. The van der Waals surface area contributed by atoms with Gasteiger partial charge in [-0.2, -0.15) is 0 Å². The van der Waals surface area contributed by atoms with Gasteiger partial charge in [-0.15, -0.1) is 0 Å². The van der Waals surface area contributed by atoms with Crippen molar-refractivity contribution >= 4 is 17.6 Å². The van der Waals surface area contributed by atoms with Crippen molar-refractivity contribution < 1.29 is 24.0 Å². The number of amides is 1. The highest BCUT2D eigenvalue weighted by Gasteiger charge is 2.23. The molecule has 1 N–H and O–H groups in total. The van der Waals surface area contributed by atoms with Crippen molar-refractivity contribution in [3.63, 3.8) is 0 Å². The lowest BCUT2D eigenvalue weighted by Gasteiger charge is -2.19. The number of nitrogens with one attached hydrogen (secondary N) is 1. The molecule has 2 aromatic carbocycles. The van der Waals surface area contributed by atoms with Crippen LogP contribution in [0.1, 0.15) is 49.2 Å². The maximum Gasteiger partial charge on any atom is 0.311 e. The van der Waals surface area contributed by atoms with E-state index in [0.717, 1.165) is 11.6 Å². The highest BCUT2D eigenvalue weighted by Crippen LogP contribution is 2.28. The smallest absolute Gasteiger partial charge is 0.311 e. The summed E-state index contributed by atoms with van der Waals surface area (Å²) in [4.78, 5) is 35.6. The van der Waals surface area contributed by atoms with E-state index in [1.807, 2.05) is 6.07 Å². The van der Waals surface area contributed by atoms with Gasteiger partial charge in [0.2, 0.25) is 0 Å². The highest BCUT2D eigenvalue weighted by molar-refractivity contribution is 5.95. The minimum absolute atomic E-state index is 0.0624. The van der Waals surface area contributed by atoms with Crippen LogP contribution in [0.3, 0.4) is 0 Å². The quantitative estimate of drug-likeness (QED) is 0.390. The number of carbonyl (C=O) groups excluding carboxylic acids is 2. The summed E-state index contributed by atoms with van der Waals surface area (Å²) in [5.41, 5.74) is 0.523. The van der Waals surface area contributed by atoms with Gasteiger partial charge in [-0.05, 0) is 38.5 Å². The summed E-state index contributed by atoms with van der Waals surface area (Å²) in [6.45, 7) is 5.46. The molecule has 0 aromatic heterocycles. The highest BCUT2D eigenvalue weighted by atomic mass is 16.6. The Bertz CT molecular complexity index is 867. The summed E-state index contributed by atoms with van der Waals surface area (Å²) in [5.74, 6) is -0.900. The van der Waals surface area contributed by atoms with E-state index in [2.05, 4.69) is 5.32 Å². The van der Waals surface area contributed by atoms with Crippen LogP contribution in [0.15, 0.2) is 48.5 Å². The SMILES string of the molecule is CCOc1ccc(C(=O)NC(CC(=O)OC(C)C)c2ccccc2)cc1[N+](=O)[O-]. The van der Waals surface area contributed by atoms with Gasteiger partial charge in [0.1, 0.15) is 0 Å². The fourth-order valence-corrected chi connectivity index (χ4v) is 2.74. The van der Waals surface area contributed by atoms with Gasteiger partial charge in [-0.1, -0.05) is 30.3 Å². The minimum atomic E-state index is -0.638. The molecule has 0 radical (unpaired) electrons. The summed E-state index contributed by atoms with van der Waals surface area (Å²) in [5, 5.41) is 14.1. The maximum absolute atomic E-state index is 12.7. The van der Waals surface area contributed by atoms with E-state index in [1.54, 1.807) is 45.0 Å². The molecular weight excluding hydrogens is 376 g/mol. The molecule has 0 fully saturated rings. The molecule has 0 saturated heterocycles. The average molecular weight is 400 g/mol. The molecule has 8 heteroatoms. The number of ether oxygens (including phenoxy) is 2. The number of carbonyl (C=O) groups is 2. The van der Waals surface area contributed by atoms with E-state index in [0.29, 0.717) is 0 Å². The second kappa shape index (κ2) is 10.2. The van der Waals surface area contributed by atoms with Crippen molar-refractivity contribution in [3.05, 3.63) is 69.8 Å². The third kappa shape index (κ3) is 6.31. The summed E-state index contributed by atoms with van der Waals surface area (Å²) >= 11 is 0. The van der Waals surface area contributed by atoms with Gasteiger partial charge in [0.15, 0.2) is 5.75 Å². The van der Waals surface area contributed by atoms with Crippen molar-refractivity contribution in [1.29, 1.82) is 0 Å². The normalized spacial score (nSPS) is 11.6. The first-order valence-electron chi connectivity index (χ1n) is 9.28. The van der Waals surface area contributed by atoms with Crippen LogP contribution in [0.25, 0.3) is 0 Å². The Morgan fingerprint density at radius 2 is 1.83 bits per heavy atom. The molecule has 0 aliphatic heterocycles. The zero-order valence-electron chi connectivity index (χ0n) is 16.6. The molecule has 8 nitrogen and oxygen atoms in total. The van der Waals surface area contributed by atoms with Crippen molar-refractivity contribution in [1.82, 2.24) is 5.32 Å². The van der Waals surface area contributed by atoms with Gasteiger partial charge in [-0.3, -0.25) is 19.7 Å². The molecule has 2 aromatic rings. The van der Waals surface area contributed by atoms with E-state index in [1.165, 1.54) is 12.1 Å². The Morgan fingerprint density at radius 1 is 1.14 bits per heavy atom. The van der Waals surface area contributed by atoms with Gasteiger partial charge in [-0.25, -0.2) is 0 Å². The molecule has 1 atom stereocenters. The third-order valence-electron chi connectivity index (χ3n) is 3.96. The third-order valence-corrected chi connectivity index (χ3v) is 3.96. The van der Waals surface area contributed by atoms with Gasteiger partial charge < -0.3 is 14.8 Å². The molecule has 1 unspecified atom stereocenters. The first kappa shape index (κ1) is 21.9. The van der Waals surface area contributed by atoms with Crippen LogP contribution in [-0.2, 0) is 9.53 Å². The number of esters is 1. The van der Waals surface area contributed by atoms with Gasteiger partial charge in [0, 0.05) is 11.6 Å². The molecule has 0 saturated carbocycles. The minimum Gasteiger partial charge on any atom is -0.487 e. The lowest BCUT2D eigenvalue weighted by atomic mass is 10.0. The second-order valence-corrected chi connectivity index (χ2v) is 6.55. The zero-order chi connectivity index (χ0) is 21.4. The molecule has 0 aliphatic carbocycles. The van der Waals surface area contributed by atoms with Crippen molar-refractivity contribution in [2.45, 2.75) is 39.3 Å². The summed E-state index contributed by atoms with van der Waals surface area (Å²) in [6.07, 6.45) is -0.337. The number of hydrogen-bond acceptors (Lipinski definition) is 6. The molecule has 154 valence electrons. The molecule has 2 rings (SSSR count). The summed E-state index contributed by atoms with van der Waals surface area (Å²) in [7, 11) is 0. The number of rotatable bonds is 9. The molecular formula is C21H24N2O6. The lowest BCUT2D eigenvalue weighted by Crippen LogP contribution is -2.31. The number of nitro benzene ring substituents is 1. The van der Waals surface area contributed by atoms with E-state index < -0.39 is 22.8 Å². The molecule has 29 heavy (non-hydrogen) atoms. The van der Waals surface area contributed by atoms with Gasteiger partial charge in [0.05, 0.1) is 30.1 Å². The first-order chi connectivity index (χ1) is 13.8. The Kier molecular flexibility index (Phi) is 7.70. The number of hydrogen-bond donors (Lipinski definition) is 1. The van der Waals surface area contributed by atoms with E-state index in [9.17, 15) is 19.7 Å². The maximum atomic E-state index is 12.7. The zero-order valence-corrected chi connectivity index (χ0v) is 16.6. The van der Waals surface area contributed by atoms with Crippen molar-refractivity contribution in [3.8, 4) is 5.75 Å². The number of nitrogens with zero attached hydrogens (tertiary/aromatic N) is 1. The standard InChI is InChI=1S/C21H24N2O6/c1-4-28-19-11-10-16(12-18(19)23(26)27)21(25)22-17(13-20(24)29-14(2)3)15-8-6-5-7-9-15/h5-12,14,17H,4,13H2,1-3H3,(H,22,25). The Hall–Kier alpha value is -3.42. The molecule has 0 aliphatic rings. The topological polar surface area (TPSA) is 108 Å². The monoisotopic (exact) mass is 400 g/mol. The number of nitro groups is 1. The fourth-order valence-electron chi connectivity index (χ4n) is 2.74. The Labute approximate surface area is 169 Å². The van der Waals surface area contributed by atoms with Crippen LogP contribution in [0.5, 0.6) is 5.75 Å². The van der Waals surface area contributed by atoms with Crippen LogP contribution in [0, 0.1) is 10.1 Å². The molecule has 0 heterocycles. The van der Waals surface area contributed by atoms with E-state index in [-0.39, 0.29) is 36.1 Å². The predicted octanol–water partition coefficient (Wildman–Crippen LogP) is 3.81. The molecule has 1 amide bonds. The average Bonchev–Trinajstić information content (AvgIpc) is 2.67. The summed E-state index contributed by atoms with van der Waals surface area (Å²) < 4.78 is 10.4. The Balaban J connectivity index is 2.26. The number of benzene rings is 2. The largest absolute Gasteiger partial charge is 0.487 e. The predicted molar refractivity (Wildman–Crippen MR) is 107 cm³/mol. The van der Waals surface area contributed by atoms with E-state index in [4.69, 9.17) is 9.47 Å².